The maximum atomic E-state index is 6.24. The number of rotatable bonds is 5. The monoisotopic (exact) mass is 403 g/mol. The van der Waals surface area contributed by atoms with Crippen LogP contribution in [0.1, 0.15) is 25.7 Å². The van der Waals surface area contributed by atoms with E-state index in [0.717, 1.165) is 50.2 Å². The van der Waals surface area contributed by atoms with Crippen LogP contribution in [0.4, 0.5) is 11.8 Å². The van der Waals surface area contributed by atoms with E-state index in [-0.39, 0.29) is 5.60 Å². The van der Waals surface area contributed by atoms with Gasteiger partial charge in [0.1, 0.15) is 12.5 Å². The van der Waals surface area contributed by atoms with Crippen LogP contribution in [0.25, 0.3) is 11.4 Å². The molecule has 0 bridgehead atoms. The van der Waals surface area contributed by atoms with E-state index in [9.17, 15) is 0 Å². The topological polar surface area (TPSA) is 89.0 Å². The summed E-state index contributed by atoms with van der Waals surface area (Å²) in [7, 11) is 0. The summed E-state index contributed by atoms with van der Waals surface area (Å²) >= 11 is 0. The molecule has 1 saturated heterocycles. The van der Waals surface area contributed by atoms with Gasteiger partial charge in [-0.3, -0.25) is 0 Å². The summed E-state index contributed by atoms with van der Waals surface area (Å²) in [5, 5.41) is 3.38. The first kappa shape index (κ1) is 18.9. The fourth-order valence-electron chi connectivity index (χ4n) is 4.27. The van der Waals surface area contributed by atoms with Crippen LogP contribution in [-0.2, 0) is 4.74 Å². The van der Waals surface area contributed by atoms with Crippen molar-refractivity contribution in [3.8, 4) is 11.4 Å². The van der Waals surface area contributed by atoms with Crippen molar-refractivity contribution in [1.29, 1.82) is 0 Å². The third-order valence-corrected chi connectivity index (χ3v) is 6.02. The first-order valence-electron chi connectivity index (χ1n) is 10.4. The fraction of sp³-hybridized carbons (Fsp3) is 0.409. The second kappa shape index (κ2) is 8.31. The van der Waals surface area contributed by atoms with E-state index in [1.807, 2.05) is 24.4 Å². The molecule has 1 N–H and O–H groups in total. The normalized spacial score (nSPS) is 23.6. The molecule has 2 aliphatic rings. The summed E-state index contributed by atoms with van der Waals surface area (Å²) in [6, 6.07) is 7.81. The Morgan fingerprint density at radius 1 is 0.967 bits per heavy atom. The average molecular weight is 403 g/mol. The van der Waals surface area contributed by atoms with Gasteiger partial charge in [-0.2, -0.15) is 0 Å². The van der Waals surface area contributed by atoms with Crippen molar-refractivity contribution in [3.05, 3.63) is 55.2 Å². The van der Waals surface area contributed by atoms with Crippen LogP contribution in [-0.4, -0.2) is 50.3 Å². The molecule has 8 nitrogen and oxygen atoms in total. The molecule has 1 aliphatic carbocycles. The van der Waals surface area contributed by atoms with Gasteiger partial charge < -0.3 is 15.0 Å². The number of nitrogens with one attached hydrogen (secondary N) is 1. The van der Waals surface area contributed by atoms with Gasteiger partial charge in [0, 0.05) is 37.5 Å². The van der Waals surface area contributed by atoms with Crippen molar-refractivity contribution in [3.63, 3.8) is 0 Å². The number of nitrogens with zero attached hydrogens (tertiary/aromatic N) is 6. The molecule has 8 heteroatoms. The molecule has 1 spiro atoms. The van der Waals surface area contributed by atoms with Crippen molar-refractivity contribution in [1.82, 2.24) is 24.9 Å². The molecule has 1 saturated carbocycles. The lowest BCUT2D eigenvalue weighted by atomic mass is 9.78. The zero-order chi connectivity index (χ0) is 20.2. The lowest BCUT2D eigenvalue weighted by Crippen LogP contribution is -2.39. The summed E-state index contributed by atoms with van der Waals surface area (Å²) in [5.74, 6) is 2.88. The van der Waals surface area contributed by atoms with Crippen LogP contribution in [0, 0.1) is 5.92 Å². The Bertz CT molecular complexity index is 944. The summed E-state index contributed by atoms with van der Waals surface area (Å²) in [6.07, 6.45) is 13.2. The zero-order valence-corrected chi connectivity index (χ0v) is 16.8. The van der Waals surface area contributed by atoms with Crippen molar-refractivity contribution >= 4 is 11.8 Å². The molecule has 2 fully saturated rings. The molecule has 3 aromatic rings. The molecule has 4 heterocycles. The van der Waals surface area contributed by atoms with Crippen LogP contribution in [0.5, 0.6) is 0 Å². The third kappa shape index (κ3) is 4.09. The Morgan fingerprint density at radius 3 is 2.47 bits per heavy atom. The molecule has 30 heavy (non-hydrogen) atoms. The third-order valence-electron chi connectivity index (χ3n) is 6.02. The quantitative estimate of drug-likeness (QED) is 0.695. The van der Waals surface area contributed by atoms with Gasteiger partial charge in [0.05, 0.1) is 17.7 Å². The van der Waals surface area contributed by atoms with Crippen LogP contribution >= 0.6 is 0 Å². The van der Waals surface area contributed by atoms with Gasteiger partial charge in [-0.1, -0.05) is 6.07 Å². The molecular formula is C22H25N7O. The van der Waals surface area contributed by atoms with Gasteiger partial charge in [0.25, 0.3) is 0 Å². The minimum absolute atomic E-state index is 0.0259. The number of hydrogen-bond acceptors (Lipinski definition) is 8. The molecule has 154 valence electrons. The van der Waals surface area contributed by atoms with E-state index in [0.29, 0.717) is 24.4 Å². The predicted molar refractivity (Wildman–Crippen MR) is 114 cm³/mol. The van der Waals surface area contributed by atoms with Gasteiger partial charge >= 0.3 is 0 Å². The highest BCUT2D eigenvalue weighted by atomic mass is 16.5. The van der Waals surface area contributed by atoms with Crippen molar-refractivity contribution in [2.75, 3.05) is 30.0 Å². The van der Waals surface area contributed by atoms with Crippen LogP contribution in [0.3, 0.4) is 0 Å². The number of anilines is 2. The molecule has 0 atom stereocenters. The predicted octanol–water partition coefficient (Wildman–Crippen LogP) is 3.16. The van der Waals surface area contributed by atoms with Crippen LogP contribution in [0.15, 0.2) is 55.2 Å². The van der Waals surface area contributed by atoms with Crippen molar-refractivity contribution < 1.29 is 4.74 Å². The summed E-state index contributed by atoms with van der Waals surface area (Å²) in [4.78, 5) is 24.0. The van der Waals surface area contributed by atoms with Gasteiger partial charge in [-0.15, -0.1) is 0 Å². The first-order valence-corrected chi connectivity index (χ1v) is 10.4. The van der Waals surface area contributed by atoms with E-state index < -0.39 is 0 Å². The number of ether oxygens (including phenoxy) is 1. The summed E-state index contributed by atoms with van der Waals surface area (Å²) in [5.41, 5.74) is 0.790. The van der Waals surface area contributed by atoms with Gasteiger partial charge in [0.15, 0.2) is 5.82 Å². The molecular weight excluding hydrogens is 378 g/mol. The Labute approximate surface area is 175 Å². The summed E-state index contributed by atoms with van der Waals surface area (Å²) < 4.78 is 6.24. The van der Waals surface area contributed by atoms with Crippen LogP contribution in [0.2, 0.25) is 0 Å². The van der Waals surface area contributed by atoms with Crippen LogP contribution < -0.4 is 10.2 Å². The molecule has 5 rings (SSSR count). The minimum Gasteiger partial charge on any atom is -0.354 e. The lowest BCUT2D eigenvalue weighted by molar-refractivity contribution is -0.0258. The maximum Gasteiger partial charge on any atom is 0.222 e. The Balaban J connectivity index is 1.11. The largest absolute Gasteiger partial charge is 0.354 e. The second-order valence-electron chi connectivity index (χ2n) is 8.03. The van der Waals surface area contributed by atoms with Crippen molar-refractivity contribution in [2.24, 2.45) is 5.92 Å². The smallest absolute Gasteiger partial charge is 0.222 e. The molecule has 0 amide bonds. The Hall–Kier alpha value is -3.13. The number of hydrogen-bond donors (Lipinski definition) is 1. The maximum absolute atomic E-state index is 6.24. The lowest BCUT2D eigenvalue weighted by Gasteiger charge is -2.36. The van der Waals surface area contributed by atoms with E-state index >= 15 is 0 Å². The van der Waals surface area contributed by atoms with Gasteiger partial charge in [-0.25, -0.2) is 24.9 Å². The highest BCUT2D eigenvalue weighted by Crippen LogP contribution is 2.39. The highest BCUT2D eigenvalue weighted by Gasteiger charge is 2.42. The second-order valence-corrected chi connectivity index (χ2v) is 8.03. The SMILES string of the molecule is c1ccc(N2CO[C@]3(CC[C@H](CNc4ncc(-c5ncccn5)cn4)CC3)C2)nc1. The molecule has 0 unspecified atom stereocenters. The first-order chi connectivity index (χ1) is 14.8. The highest BCUT2D eigenvalue weighted by molar-refractivity contribution is 5.52. The van der Waals surface area contributed by atoms with Gasteiger partial charge in [0.2, 0.25) is 5.95 Å². The number of pyridine rings is 1. The minimum atomic E-state index is -0.0259. The molecule has 0 radical (unpaired) electrons. The van der Waals surface area contributed by atoms with E-state index in [2.05, 4.69) is 35.1 Å². The molecule has 0 aromatic carbocycles. The average Bonchev–Trinajstić information content (AvgIpc) is 3.24. The molecule has 1 aliphatic heterocycles. The number of aromatic nitrogens is 5. The van der Waals surface area contributed by atoms with Crippen molar-refractivity contribution in [2.45, 2.75) is 31.3 Å². The van der Waals surface area contributed by atoms with E-state index in [4.69, 9.17) is 4.74 Å². The Morgan fingerprint density at radius 2 is 1.73 bits per heavy atom. The van der Waals surface area contributed by atoms with Gasteiger partial charge in [-0.05, 0) is 49.8 Å². The zero-order valence-electron chi connectivity index (χ0n) is 16.8. The fourth-order valence-corrected chi connectivity index (χ4v) is 4.27. The standard InChI is InChI=1S/C22H25N7O/c1-2-9-23-19(4-1)29-15-22(30-16-29)7-5-17(6-8-22)12-26-21-27-13-18(14-28-21)20-24-10-3-11-25-20/h1-4,9-11,13-14,17H,5-8,12,15-16H2,(H,26,27,28)/t17-,22-. The van der Waals surface area contributed by atoms with E-state index in [1.54, 1.807) is 30.9 Å². The van der Waals surface area contributed by atoms with E-state index in [1.165, 1.54) is 0 Å². The summed E-state index contributed by atoms with van der Waals surface area (Å²) in [6.45, 7) is 2.43. The molecule has 3 aromatic heterocycles. The Kier molecular flexibility index (Phi) is 5.23.